The summed E-state index contributed by atoms with van der Waals surface area (Å²) in [5, 5.41) is 0.584. The molecule has 0 amide bonds. The van der Waals surface area contributed by atoms with Gasteiger partial charge in [-0.1, -0.05) is 11.6 Å². The van der Waals surface area contributed by atoms with Gasteiger partial charge in [0.2, 0.25) is 5.78 Å². The third kappa shape index (κ3) is 1.26. The Morgan fingerprint density at radius 2 is 2.25 bits per heavy atom. The van der Waals surface area contributed by atoms with Crippen molar-refractivity contribution in [2.75, 3.05) is 0 Å². The topological polar surface area (TPSA) is 30.2 Å². The Morgan fingerprint density at radius 3 is 3.00 bits per heavy atom. The molecule has 0 bridgehead atoms. The molecule has 62 valence electrons. The maximum Gasteiger partial charge on any atom is 0.234 e. The molecule has 5 heteroatoms. The van der Waals surface area contributed by atoms with Crippen molar-refractivity contribution in [1.29, 1.82) is 0 Å². The van der Waals surface area contributed by atoms with E-state index in [1.807, 2.05) is 0 Å². The number of rotatable bonds is 1. The summed E-state index contributed by atoms with van der Waals surface area (Å²) in [6.07, 6.45) is 5.11. The van der Waals surface area contributed by atoms with Gasteiger partial charge in [-0.3, -0.25) is 4.40 Å². The average Bonchev–Trinajstić information content (AvgIpc) is 2.46. The number of halogens is 2. The number of fused-ring (bicyclic) bond motifs is 1. The molecule has 0 radical (unpaired) electrons. The predicted octanol–water partition coefficient (Wildman–Crippen LogP) is 2.12. The third-order valence-electron chi connectivity index (χ3n) is 1.47. The van der Waals surface area contributed by atoms with Gasteiger partial charge in [0, 0.05) is 12.4 Å². The van der Waals surface area contributed by atoms with Crippen molar-refractivity contribution in [3.63, 3.8) is 0 Å². The first-order chi connectivity index (χ1) is 5.79. The highest BCUT2D eigenvalue weighted by atomic mass is 35.5. The fourth-order valence-corrected chi connectivity index (χ4v) is 1.26. The fourth-order valence-electron chi connectivity index (χ4n) is 0.974. The van der Waals surface area contributed by atoms with Gasteiger partial charge in [0.25, 0.3) is 0 Å². The SMILES string of the molecule is ClCc1cn2cc(Cl)cnc2n1. The highest BCUT2D eigenvalue weighted by molar-refractivity contribution is 6.30. The number of hydrogen-bond acceptors (Lipinski definition) is 2. The van der Waals surface area contributed by atoms with Gasteiger partial charge >= 0.3 is 0 Å². The smallest absolute Gasteiger partial charge is 0.234 e. The Kier molecular flexibility index (Phi) is 1.90. The van der Waals surface area contributed by atoms with Crippen molar-refractivity contribution in [3.05, 3.63) is 29.3 Å². The molecule has 0 atom stereocenters. The normalized spacial score (nSPS) is 10.8. The molecule has 2 aromatic heterocycles. The van der Waals surface area contributed by atoms with E-state index in [4.69, 9.17) is 23.2 Å². The van der Waals surface area contributed by atoms with Crippen LogP contribution in [0.2, 0.25) is 5.02 Å². The molecule has 2 heterocycles. The molecule has 0 aromatic carbocycles. The molecule has 0 saturated carbocycles. The lowest BCUT2D eigenvalue weighted by atomic mass is 10.6. The Hall–Kier alpha value is -0.800. The zero-order chi connectivity index (χ0) is 8.55. The second-order valence-electron chi connectivity index (χ2n) is 2.35. The molecule has 0 aliphatic carbocycles. The van der Waals surface area contributed by atoms with E-state index in [2.05, 4.69) is 9.97 Å². The quantitative estimate of drug-likeness (QED) is 0.663. The first-order valence-corrected chi connectivity index (χ1v) is 4.26. The van der Waals surface area contributed by atoms with Crippen molar-refractivity contribution in [2.24, 2.45) is 0 Å². The van der Waals surface area contributed by atoms with Crippen LogP contribution >= 0.6 is 23.2 Å². The van der Waals surface area contributed by atoms with Gasteiger partial charge in [-0.05, 0) is 0 Å². The minimum absolute atomic E-state index is 0.390. The molecule has 0 aliphatic rings. The van der Waals surface area contributed by atoms with Crippen molar-refractivity contribution in [2.45, 2.75) is 5.88 Å². The largest absolute Gasteiger partial charge is 0.289 e. The summed E-state index contributed by atoms with van der Waals surface area (Å²) in [5.41, 5.74) is 0.798. The van der Waals surface area contributed by atoms with Crippen LogP contribution in [-0.4, -0.2) is 14.4 Å². The lowest BCUT2D eigenvalue weighted by Gasteiger charge is -1.90. The monoisotopic (exact) mass is 201 g/mol. The third-order valence-corrected chi connectivity index (χ3v) is 1.93. The summed E-state index contributed by atoms with van der Waals surface area (Å²) in [7, 11) is 0. The predicted molar refractivity (Wildman–Crippen MR) is 47.6 cm³/mol. The minimum Gasteiger partial charge on any atom is -0.289 e. The van der Waals surface area contributed by atoms with Crippen LogP contribution in [-0.2, 0) is 5.88 Å². The van der Waals surface area contributed by atoms with Crippen LogP contribution in [0.3, 0.4) is 0 Å². The highest BCUT2D eigenvalue weighted by Gasteiger charge is 2.00. The zero-order valence-electron chi connectivity index (χ0n) is 6.04. The van der Waals surface area contributed by atoms with Crippen LogP contribution < -0.4 is 0 Å². The average molecular weight is 202 g/mol. The van der Waals surface area contributed by atoms with E-state index in [0.29, 0.717) is 16.7 Å². The van der Waals surface area contributed by atoms with Gasteiger partial charge in [0.15, 0.2) is 0 Å². The van der Waals surface area contributed by atoms with E-state index in [9.17, 15) is 0 Å². The number of aromatic nitrogens is 3. The van der Waals surface area contributed by atoms with Gasteiger partial charge < -0.3 is 0 Å². The Morgan fingerprint density at radius 1 is 1.42 bits per heavy atom. The van der Waals surface area contributed by atoms with E-state index in [1.165, 1.54) is 0 Å². The summed E-state index contributed by atoms with van der Waals surface area (Å²) < 4.78 is 1.75. The first kappa shape index (κ1) is 7.83. The van der Waals surface area contributed by atoms with E-state index in [0.717, 1.165) is 5.69 Å². The number of hydrogen-bond donors (Lipinski definition) is 0. The van der Waals surface area contributed by atoms with E-state index in [1.54, 1.807) is 23.0 Å². The summed E-state index contributed by atoms with van der Waals surface area (Å²) in [6, 6.07) is 0. The van der Waals surface area contributed by atoms with Crippen molar-refractivity contribution in [1.82, 2.24) is 14.4 Å². The van der Waals surface area contributed by atoms with Gasteiger partial charge in [-0.25, -0.2) is 9.97 Å². The van der Waals surface area contributed by atoms with Crippen LogP contribution in [0.1, 0.15) is 5.69 Å². The maximum atomic E-state index is 5.73. The Bertz CT molecular complexity index is 410. The van der Waals surface area contributed by atoms with E-state index >= 15 is 0 Å². The molecule has 3 nitrogen and oxygen atoms in total. The summed E-state index contributed by atoms with van der Waals surface area (Å²) in [4.78, 5) is 8.14. The number of imidazole rings is 1. The molecule has 12 heavy (non-hydrogen) atoms. The molecule has 0 aliphatic heterocycles. The number of nitrogens with zero attached hydrogens (tertiary/aromatic N) is 3. The molecule has 2 aromatic rings. The van der Waals surface area contributed by atoms with Crippen molar-refractivity contribution >= 4 is 29.0 Å². The Labute approximate surface area is 79.0 Å². The summed E-state index contributed by atoms with van der Waals surface area (Å²) in [6.45, 7) is 0. The van der Waals surface area contributed by atoms with Gasteiger partial charge in [-0.2, -0.15) is 0 Å². The van der Waals surface area contributed by atoms with E-state index < -0.39 is 0 Å². The van der Waals surface area contributed by atoms with Gasteiger partial charge in [0.05, 0.1) is 22.8 Å². The fraction of sp³-hybridized carbons (Fsp3) is 0.143. The lowest BCUT2D eigenvalue weighted by Crippen LogP contribution is -1.85. The van der Waals surface area contributed by atoms with Crippen LogP contribution in [0.5, 0.6) is 0 Å². The lowest BCUT2D eigenvalue weighted by molar-refractivity contribution is 1.11. The molecule has 2 rings (SSSR count). The van der Waals surface area contributed by atoms with Crippen LogP contribution in [0.15, 0.2) is 18.6 Å². The second kappa shape index (κ2) is 2.92. The molecule has 0 spiro atoms. The van der Waals surface area contributed by atoms with Gasteiger partial charge in [0.1, 0.15) is 0 Å². The zero-order valence-corrected chi connectivity index (χ0v) is 7.55. The first-order valence-electron chi connectivity index (χ1n) is 3.34. The Balaban J connectivity index is 2.67. The number of alkyl halides is 1. The van der Waals surface area contributed by atoms with Crippen LogP contribution in [0, 0.1) is 0 Å². The maximum absolute atomic E-state index is 5.73. The summed E-state index contributed by atoms with van der Waals surface area (Å²) in [5.74, 6) is 1.01. The van der Waals surface area contributed by atoms with Crippen molar-refractivity contribution < 1.29 is 0 Å². The molecule has 0 saturated heterocycles. The highest BCUT2D eigenvalue weighted by Crippen LogP contribution is 2.09. The minimum atomic E-state index is 0.390. The standard InChI is InChI=1S/C7H5Cl2N3/c8-1-6-4-12-3-5(9)2-10-7(12)11-6/h2-4H,1H2. The molecular weight excluding hydrogens is 197 g/mol. The second-order valence-corrected chi connectivity index (χ2v) is 3.05. The van der Waals surface area contributed by atoms with Gasteiger partial charge in [-0.15, -0.1) is 11.6 Å². The molecule has 0 fully saturated rings. The van der Waals surface area contributed by atoms with Crippen LogP contribution in [0.25, 0.3) is 5.78 Å². The molecule has 0 unspecified atom stereocenters. The summed E-state index contributed by atoms with van der Waals surface area (Å²) >= 11 is 11.3. The molecular formula is C7H5Cl2N3. The van der Waals surface area contributed by atoms with Crippen molar-refractivity contribution in [3.8, 4) is 0 Å². The molecule has 0 N–H and O–H groups in total. The van der Waals surface area contributed by atoms with Crippen LogP contribution in [0.4, 0.5) is 0 Å². The van der Waals surface area contributed by atoms with E-state index in [-0.39, 0.29) is 0 Å².